The average Bonchev–Trinajstić information content (AvgIpc) is 2.71. The van der Waals surface area contributed by atoms with Gasteiger partial charge in [0.2, 0.25) is 10.0 Å². The van der Waals surface area contributed by atoms with E-state index in [1.807, 2.05) is 6.92 Å². The Morgan fingerprint density at radius 2 is 1.91 bits per heavy atom. The van der Waals surface area contributed by atoms with Gasteiger partial charge in [-0.2, -0.15) is 9.97 Å². The van der Waals surface area contributed by atoms with Gasteiger partial charge in [0.05, 0.1) is 11.4 Å². The third kappa shape index (κ3) is 5.67. The standard InChI is InChI=1S/C21H22F2N4O4S/c1-4-5-8-32(29,30)26-19-11-17(14-9-13(2)20(28)27(3)12-14)24-21(25-19)31-18-7-6-15(22)10-16(18)23/h6-7,9-12H,4-5,8H2,1-3H3,(H,24,25,26). The molecule has 0 bridgehead atoms. The fraction of sp³-hybridized carbons (Fsp3) is 0.286. The summed E-state index contributed by atoms with van der Waals surface area (Å²) in [5.74, 6) is -2.28. The van der Waals surface area contributed by atoms with Gasteiger partial charge in [-0.15, -0.1) is 0 Å². The molecule has 0 fully saturated rings. The minimum Gasteiger partial charge on any atom is -0.421 e. The summed E-state index contributed by atoms with van der Waals surface area (Å²) < 4.78 is 61.1. The lowest BCUT2D eigenvalue weighted by Gasteiger charge is -2.12. The lowest BCUT2D eigenvalue weighted by atomic mass is 10.1. The molecule has 0 amide bonds. The summed E-state index contributed by atoms with van der Waals surface area (Å²) in [5.41, 5.74) is 0.976. The monoisotopic (exact) mass is 464 g/mol. The number of anilines is 1. The number of benzene rings is 1. The van der Waals surface area contributed by atoms with Crippen molar-refractivity contribution in [2.24, 2.45) is 7.05 Å². The zero-order valence-electron chi connectivity index (χ0n) is 17.7. The van der Waals surface area contributed by atoms with Gasteiger partial charge in [-0.25, -0.2) is 17.2 Å². The number of aryl methyl sites for hydroxylation is 2. The van der Waals surface area contributed by atoms with Crippen molar-refractivity contribution >= 4 is 15.8 Å². The highest BCUT2D eigenvalue weighted by atomic mass is 32.2. The van der Waals surface area contributed by atoms with Crippen LogP contribution in [0.4, 0.5) is 14.6 Å². The fourth-order valence-electron chi connectivity index (χ4n) is 2.89. The summed E-state index contributed by atoms with van der Waals surface area (Å²) in [7, 11) is -2.13. The van der Waals surface area contributed by atoms with E-state index in [1.54, 1.807) is 20.0 Å². The van der Waals surface area contributed by atoms with Crippen molar-refractivity contribution < 1.29 is 21.9 Å². The topological polar surface area (TPSA) is 103 Å². The number of halogens is 2. The Morgan fingerprint density at radius 1 is 1.16 bits per heavy atom. The van der Waals surface area contributed by atoms with E-state index in [2.05, 4.69) is 14.7 Å². The Labute approximate surface area is 184 Å². The smallest absolute Gasteiger partial charge is 0.324 e. The fourth-order valence-corrected chi connectivity index (χ4v) is 4.08. The molecule has 2 heterocycles. The largest absolute Gasteiger partial charge is 0.421 e. The molecule has 2 aromatic heterocycles. The van der Waals surface area contributed by atoms with Crippen molar-refractivity contribution in [1.82, 2.24) is 14.5 Å². The maximum atomic E-state index is 14.1. The molecule has 0 aliphatic rings. The molecule has 0 radical (unpaired) electrons. The summed E-state index contributed by atoms with van der Waals surface area (Å²) in [4.78, 5) is 20.3. The first-order valence-electron chi connectivity index (χ1n) is 9.78. The minimum atomic E-state index is -3.70. The van der Waals surface area contributed by atoms with Crippen molar-refractivity contribution in [3.63, 3.8) is 0 Å². The van der Waals surface area contributed by atoms with Crippen LogP contribution in [0.1, 0.15) is 25.3 Å². The van der Waals surface area contributed by atoms with Crippen LogP contribution in [0, 0.1) is 18.6 Å². The number of hydrogen-bond acceptors (Lipinski definition) is 6. The van der Waals surface area contributed by atoms with Crippen LogP contribution in [0.15, 0.2) is 41.3 Å². The summed E-state index contributed by atoms with van der Waals surface area (Å²) >= 11 is 0. The van der Waals surface area contributed by atoms with E-state index in [9.17, 15) is 22.0 Å². The number of nitrogens with zero attached hydrogens (tertiary/aromatic N) is 3. The molecular weight excluding hydrogens is 442 g/mol. The maximum Gasteiger partial charge on any atom is 0.324 e. The van der Waals surface area contributed by atoms with Crippen molar-refractivity contribution in [2.45, 2.75) is 26.7 Å². The Morgan fingerprint density at radius 3 is 2.56 bits per heavy atom. The number of nitrogens with one attached hydrogen (secondary N) is 1. The van der Waals surface area contributed by atoms with Crippen molar-refractivity contribution in [3.05, 3.63) is 64.1 Å². The number of unbranched alkanes of at least 4 members (excludes halogenated alkanes) is 1. The first-order chi connectivity index (χ1) is 15.1. The van der Waals surface area contributed by atoms with Gasteiger partial charge in [0.25, 0.3) is 5.56 Å². The molecule has 3 aromatic rings. The Hall–Kier alpha value is -3.34. The van der Waals surface area contributed by atoms with Gasteiger partial charge in [-0.3, -0.25) is 9.52 Å². The van der Waals surface area contributed by atoms with Crippen LogP contribution in [0.2, 0.25) is 0 Å². The van der Waals surface area contributed by atoms with Crippen molar-refractivity contribution in [1.29, 1.82) is 0 Å². The Balaban J connectivity index is 2.08. The molecule has 0 saturated carbocycles. The predicted octanol–water partition coefficient (Wildman–Crippen LogP) is 3.76. The third-order valence-corrected chi connectivity index (χ3v) is 5.83. The summed E-state index contributed by atoms with van der Waals surface area (Å²) in [6, 6.07) is 5.34. The van der Waals surface area contributed by atoms with Gasteiger partial charge in [0.1, 0.15) is 11.6 Å². The Bertz CT molecular complexity index is 1280. The molecule has 0 spiro atoms. The third-order valence-electron chi connectivity index (χ3n) is 4.49. The van der Waals surface area contributed by atoms with Crippen LogP contribution in [0.25, 0.3) is 11.3 Å². The van der Waals surface area contributed by atoms with Gasteiger partial charge in [-0.05, 0) is 31.5 Å². The SMILES string of the molecule is CCCCS(=O)(=O)Nc1cc(-c2cc(C)c(=O)n(C)c2)nc(Oc2ccc(F)cc2F)n1. The molecule has 170 valence electrons. The summed E-state index contributed by atoms with van der Waals surface area (Å²) in [5, 5.41) is 0. The van der Waals surface area contributed by atoms with Crippen molar-refractivity contribution in [3.8, 4) is 23.0 Å². The molecule has 3 rings (SSSR count). The maximum absolute atomic E-state index is 14.1. The number of hydrogen-bond donors (Lipinski definition) is 1. The zero-order chi connectivity index (χ0) is 23.5. The second-order valence-corrected chi connectivity index (χ2v) is 9.04. The Kier molecular flexibility index (Phi) is 6.87. The highest BCUT2D eigenvalue weighted by Crippen LogP contribution is 2.27. The second-order valence-electron chi connectivity index (χ2n) is 7.20. The number of ether oxygens (including phenoxy) is 1. The molecule has 0 saturated heterocycles. The van der Waals surface area contributed by atoms with E-state index < -0.39 is 21.7 Å². The normalized spacial score (nSPS) is 11.4. The number of sulfonamides is 1. The number of pyridine rings is 1. The zero-order valence-corrected chi connectivity index (χ0v) is 18.5. The van der Waals surface area contributed by atoms with Crippen LogP contribution in [0.5, 0.6) is 11.8 Å². The molecular formula is C21H22F2N4O4S. The van der Waals surface area contributed by atoms with E-state index in [1.165, 1.54) is 16.8 Å². The molecule has 8 nitrogen and oxygen atoms in total. The second kappa shape index (κ2) is 9.43. The van der Waals surface area contributed by atoms with Gasteiger partial charge in [0.15, 0.2) is 11.6 Å². The molecule has 0 aliphatic carbocycles. The quantitative estimate of drug-likeness (QED) is 0.545. The number of rotatable bonds is 8. The van der Waals surface area contributed by atoms with Crippen LogP contribution in [0.3, 0.4) is 0 Å². The number of aromatic nitrogens is 3. The highest BCUT2D eigenvalue weighted by Gasteiger charge is 2.16. The van der Waals surface area contributed by atoms with Gasteiger partial charge in [-0.1, -0.05) is 13.3 Å². The van der Waals surface area contributed by atoms with Crippen LogP contribution >= 0.6 is 0 Å². The van der Waals surface area contributed by atoms with Gasteiger partial charge >= 0.3 is 6.01 Å². The summed E-state index contributed by atoms with van der Waals surface area (Å²) in [6.45, 7) is 3.50. The van der Waals surface area contributed by atoms with E-state index in [0.717, 1.165) is 12.1 Å². The minimum absolute atomic E-state index is 0.0878. The first kappa shape index (κ1) is 23.3. The molecule has 32 heavy (non-hydrogen) atoms. The lowest BCUT2D eigenvalue weighted by molar-refractivity contribution is 0.409. The van der Waals surface area contributed by atoms with E-state index in [-0.39, 0.29) is 34.6 Å². The average molecular weight is 464 g/mol. The van der Waals surface area contributed by atoms with Crippen molar-refractivity contribution in [2.75, 3.05) is 10.5 Å². The molecule has 1 aromatic carbocycles. The highest BCUT2D eigenvalue weighted by molar-refractivity contribution is 7.92. The molecule has 0 unspecified atom stereocenters. The van der Waals surface area contributed by atoms with Crippen LogP contribution in [-0.2, 0) is 17.1 Å². The van der Waals surface area contributed by atoms with Crippen LogP contribution < -0.4 is 15.0 Å². The van der Waals surface area contributed by atoms with E-state index >= 15 is 0 Å². The van der Waals surface area contributed by atoms with Gasteiger partial charge in [0, 0.05) is 36.5 Å². The van der Waals surface area contributed by atoms with E-state index in [0.29, 0.717) is 30.0 Å². The van der Waals surface area contributed by atoms with Gasteiger partial charge < -0.3 is 9.30 Å². The summed E-state index contributed by atoms with van der Waals surface area (Å²) in [6.07, 6.45) is 2.66. The molecule has 11 heteroatoms. The van der Waals surface area contributed by atoms with Crippen LogP contribution in [-0.4, -0.2) is 28.7 Å². The predicted molar refractivity (Wildman–Crippen MR) is 116 cm³/mol. The lowest BCUT2D eigenvalue weighted by Crippen LogP contribution is -2.19. The first-order valence-corrected chi connectivity index (χ1v) is 11.4. The van der Waals surface area contributed by atoms with E-state index in [4.69, 9.17) is 4.74 Å². The molecule has 0 aliphatic heterocycles. The molecule has 1 N–H and O–H groups in total. The molecule has 0 atom stereocenters.